The number of methoxy groups -OCH3 is 1. The number of benzene rings is 1. The van der Waals surface area contributed by atoms with Gasteiger partial charge in [0.1, 0.15) is 0 Å². The normalized spacial score (nSPS) is 15.0. The summed E-state index contributed by atoms with van der Waals surface area (Å²) in [6.07, 6.45) is 1.09. The number of piperidine rings is 1. The smallest absolute Gasteiger partial charge is 0.310 e. The van der Waals surface area contributed by atoms with E-state index in [0.717, 1.165) is 5.56 Å². The molecular weight excluding hydrogens is 316 g/mol. The molecule has 1 heterocycles. The minimum absolute atomic E-state index is 0.0813. The standard InChI is InChI=1S/C16H20N2O6/c1-11-3-4-13(18(21)22)14(9-11)24-10-15(19)17-7-5-12(6-8-17)16(20)23-2/h3-4,9,12H,5-8,10H2,1-2H3. The van der Waals surface area contributed by atoms with Crippen molar-refractivity contribution in [2.24, 2.45) is 5.92 Å². The SMILES string of the molecule is COC(=O)C1CCN(C(=O)COc2cc(C)ccc2[N+](=O)[O-])CC1. The first-order valence-corrected chi connectivity index (χ1v) is 7.65. The number of carbonyl (C=O) groups excluding carboxylic acids is 2. The number of esters is 1. The number of hydrogen-bond acceptors (Lipinski definition) is 6. The highest BCUT2D eigenvalue weighted by atomic mass is 16.6. The molecule has 1 fully saturated rings. The molecule has 1 aromatic rings. The molecule has 0 atom stereocenters. The van der Waals surface area contributed by atoms with Crippen LogP contribution in [0.3, 0.4) is 0 Å². The molecule has 0 aliphatic carbocycles. The quantitative estimate of drug-likeness (QED) is 0.461. The Hall–Kier alpha value is -2.64. The van der Waals surface area contributed by atoms with Crippen LogP contribution in [0.2, 0.25) is 0 Å². The summed E-state index contributed by atoms with van der Waals surface area (Å²) in [4.78, 5) is 35.7. The van der Waals surface area contributed by atoms with Gasteiger partial charge in [-0.25, -0.2) is 0 Å². The van der Waals surface area contributed by atoms with E-state index in [0.29, 0.717) is 25.9 Å². The molecule has 8 heteroatoms. The number of nitro groups is 1. The zero-order chi connectivity index (χ0) is 17.7. The molecule has 1 saturated heterocycles. The summed E-state index contributed by atoms with van der Waals surface area (Å²) in [6.45, 7) is 2.40. The van der Waals surface area contributed by atoms with Crippen molar-refractivity contribution >= 4 is 17.6 Å². The Bertz CT molecular complexity index is 637. The van der Waals surface area contributed by atoms with Crippen LogP contribution in [0.25, 0.3) is 0 Å². The average molecular weight is 336 g/mol. The van der Waals surface area contributed by atoms with Crippen LogP contribution in [0.5, 0.6) is 5.75 Å². The van der Waals surface area contributed by atoms with Crippen molar-refractivity contribution < 1.29 is 24.0 Å². The lowest BCUT2D eigenvalue weighted by atomic mass is 9.97. The molecule has 1 aromatic carbocycles. The molecule has 0 aromatic heterocycles. The van der Waals surface area contributed by atoms with Crippen LogP contribution < -0.4 is 4.74 Å². The molecule has 0 N–H and O–H groups in total. The van der Waals surface area contributed by atoms with Crippen molar-refractivity contribution in [1.29, 1.82) is 0 Å². The van der Waals surface area contributed by atoms with E-state index in [2.05, 4.69) is 0 Å². The fourth-order valence-electron chi connectivity index (χ4n) is 2.65. The summed E-state index contributed by atoms with van der Waals surface area (Å²) in [5, 5.41) is 11.0. The zero-order valence-electron chi connectivity index (χ0n) is 13.7. The highest BCUT2D eigenvalue weighted by Crippen LogP contribution is 2.28. The largest absolute Gasteiger partial charge is 0.477 e. The van der Waals surface area contributed by atoms with Crippen molar-refractivity contribution in [3.8, 4) is 5.75 Å². The van der Waals surface area contributed by atoms with Gasteiger partial charge in [0.25, 0.3) is 5.91 Å². The van der Waals surface area contributed by atoms with Crippen LogP contribution in [0, 0.1) is 23.0 Å². The van der Waals surface area contributed by atoms with Gasteiger partial charge in [0.2, 0.25) is 0 Å². The van der Waals surface area contributed by atoms with Crippen molar-refractivity contribution in [3.05, 3.63) is 33.9 Å². The predicted molar refractivity (Wildman–Crippen MR) is 84.6 cm³/mol. The Morgan fingerprint density at radius 2 is 2.00 bits per heavy atom. The van der Waals surface area contributed by atoms with Crippen molar-refractivity contribution in [2.45, 2.75) is 19.8 Å². The molecule has 0 unspecified atom stereocenters. The molecular formula is C16H20N2O6. The van der Waals surface area contributed by atoms with Gasteiger partial charge in [-0.15, -0.1) is 0 Å². The van der Waals surface area contributed by atoms with Gasteiger partial charge in [-0.1, -0.05) is 6.07 Å². The third-order valence-electron chi connectivity index (χ3n) is 4.05. The maximum Gasteiger partial charge on any atom is 0.310 e. The van der Waals surface area contributed by atoms with E-state index < -0.39 is 4.92 Å². The van der Waals surface area contributed by atoms with E-state index in [4.69, 9.17) is 9.47 Å². The minimum atomic E-state index is -0.541. The molecule has 1 aliphatic rings. The lowest BCUT2D eigenvalue weighted by Crippen LogP contribution is -2.42. The molecule has 1 amide bonds. The third kappa shape index (κ3) is 4.21. The average Bonchev–Trinajstić information content (AvgIpc) is 2.58. The van der Waals surface area contributed by atoms with Crippen molar-refractivity contribution in [2.75, 3.05) is 26.8 Å². The van der Waals surface area contributed by atoms with Crippen LogP contribution >= 0.6 is 0 Å². The van der Waals surface area contributed by atoms with Crippen molar-refractivity contribution in [1.82, 2.24) is 4.90 Å². The Morgan fingerprint density at radius 3 is 2.58 bits per heavy atom. The Labute approximate surface area is 139 Å². The van der Waals surface area contributed by atoms with Gasteiger partial charge in [0.05, 0.1) is 18.0 Å². The lowest BCUT2D eigenvalue weighted by molar-refractivity contribution is -0.385. The van der Waals surface area contributed by atoms with Crippen molar-refractivity contribution in [3.63, 3.8) is 0 Å². The van der Waals surface area contributed by atoms with E-state index >= 15 is 0 Å². The first kappa shape index (κ1) is 17.7. The molecule has 24 heavy (non-hydrogen) atoms. The highest BCUT2D eigenvalue weighted by Gasteiger charge is 2.28. The monoisotopic (exact) mass is 336 g/mol. The maximum absolute atomic E-state index is 12.2. The number of aryl methyl sites for hydroxylation is 1. The summed E-state index contributed by atoms with van der Waals surface area (Å²) in [5.74, 6) is -0.613. The van der Waals surface area contributed by atoms with E-state index in [1.807, 2.05) is 0 Å². The molecule has 0 spiro atoms. The van der Waals surface area contributed by atoms with Gasteiger partial charge >= 0.3 is 11.7 Å². The van der Waals surface area contributed by atoms with Gasteiger partial charge in [-0.3, -0.25) is 19.7 Å². The molecule has 0 bridgehead atoms. The zero-order valence-corrected chi connectivity index (χ0v) is 13.7. The van der Waals surface area contributed by atoms with E-state index in [1.54, 1.807) is 17.9 Å². The number of nitro benzene ring substituents is 1. The highest BCUT2D eigenvalue weighted by molar-refractivity contribution is 5.78. The second kappa shape index (κ2) is 7.76. The molecule has 0 radical (unpaired) electrons. The van der Waals surface area contributed by atoms with Crippen LogP contribution in [-0.4, -0.2) is 48.5 Å². The summed E-state index contributed by atoms with van der Waals surface area (Å²) < 4.78 is 10.1. The second-order valence-corrected chi connectivity index (χ2v) is 5.70. The Kier molecular flexibility index (Phi) is 5.73. The number of likely N-dealkylation sites (tertiary alicyclic amines) is 1. The maximum atomic E-state index is 12.2. The Balaban J connectivity index is 1.92. The number of ether oxygens (including phenoxy) is 2. The summed E-state index contributed by atoms with van der Waals surface area (Å²) in [6, 6.07) is 4.51. The molecule has 130 valence electrons. The molecule has 8 nitrogen and oxygen atoms in total. The Morgan fingerprint density at radius 1 is 1.33 bits per heavy atom. The summed E-state index contributed by atoms with van der Waals surface area (Å²) in [7, 11) is 1.35. The minimum Gasteiger partial charge on any atom is -0.477 e. The van der Waals surface area contributed by atoms with Crippen LogP contribution in [0.1, 0.15) is 18.4 Å². The first-order valence-electron chi connectivity index (χ1n) is 7.65. The fraction of sp³-hybridized carbons (Fsp3) is 0.500. The second-order valence-electron chi connectivity index (χ2n) is 5.70. The van der Waals surface area contributed by atoms with Crippen LogP contribution in [0.4, 0.5) is 5.69 Å². The number of carbonyl (C=O) groups is 2. The summed E-state index contributed by atoms with van der Waals surface area (Å²) >= 11 is 0. The predicted octanol–water partition coefficient (Wildman–Crippen LogP) is 1.69. The van der Waals surface area contributed by atoms with E-state index in [9.17, 15) is 19.7 Å². The molecule has 1 aliphatic heterocycles. The van der Waals surface area contributed by atoms with E-state index in [1.165, 1.54) is 19.2 Å². The fourth-order valence-corrected chi connectivity index (χ4v) is 2.65. The molecule has 0 saturated carbocycles. The number of hydrogen-bond donors (Lipinski definition) is 0. The van der Waals surface area contributed by atoms with Gasteiger partial charge < -0.3 is 14.4 Å². The number of rotatable bonds is 5. The van der Waals surface area contributed by atoms with Crippen LogP contribution in [0.15, 0.2) is 18.2 Å². The van der Waals surface area contributed by atoms with Gasteiger partial charge in [-0.2, -0.15) is 0 Å². The number of nitrogens with zero attached hydrogens (tertiary/aromatic N) is 2. The molecule has 2 rings (SSSR count). The summed E-state index contributed by atoms with van der Waals surface area (Å²) in [5.41, 5.74) is 0.639. The topological polar surface area (TPSA) is 99.0 Å². The van der Waals surface area contributed by atoms with E-state index in [-0.39, 0.29) is 35.8 Å². The van der Waals surface area contributed by atoms with Gasteiger partial charge in [0.15, 0.2) is 12.4 Å². The van der Waals surface area contributed by atoms with Gasteiger partial charge in [0, 0.05) is 19.2 Å². The first-order chi connectivity index (χ1) is 11.4. The van der Waals surface area contributed by atoms with Crippen LogP contribution in [-0.2, 0) is 14.3 Å². The lowest BCUT2D eigenvalue weighted by Gasteiger charge is -2.30. The third-order valence-corrected chi connectivity index (χ3v) is 4.05. The number of amides is 1. The van der Waals surface area contributed by atoms with Gasteiger partial charge in [-0.05, 0) is 31.4 Å².